The van der Waals surface area contributed by atoms with Crippen LogP contribution in [-0.2, 0) is 30.3 Å². The van der Waals surface area contributed by atoms with Gasteiger partial charge in [-0.05, 0) is 77.0 Å². The number of methoxy groups -OCH3 is 2. The predicted molar refractivity (Wildman–Crippen MR) is 148 cm³/mol. The molecule has 0 radical (unpaired) electrons. The number of halogens is 2. The van der Waals surface area contributed by atoms with Gasteiger partial charge in [0.05, 0.1) is 36.1 Å². The molecule has 10 nitrogen and oxygen atoms in total. The van der Waals surface area contributed by atoms with Crippen LogP contribution in [0.1, 0.15) is 76.9 Å². The van der Waals surface area contributed by atoms with Gasteiger partial charge in [0, 0.05) is 24.8 Å². The van der Waals surface area contributed by atoms with Crippen molar-refractivity contribution >= 4 is 35.1 Å². The average molecular weight is 598 g/mol. The van der Waals surface area contributed by atoms with Gasteiger partial charge in [0.1, 0.15) is 11.2 Å². The van der Waals surface area contributed by atoms with Gasteiger partial charge in [0.15, 0.2) is 11.6 Å². The third kappa shape index (κ3) is 7.87. The van der Waals surface area contributed by atoms with Gasteiger partial charge in [0.25, 0.3) is 0 Å². The number of carbonyl (C=O) groups excluding carboxylic acids is 2. The first-order valence-corrected chi connectivity index (χ1v) is 14.2. The zero-order valence-corrected chi connectivity index (χ0v) is 24.9. The Morgan fingerprint density at radius 3 is 1.20 bits per heavy atom. The Kier molecular flexibility index (Phi) is 11.2. The summed E-state index contributed by atoms with van der Waals surface area (Å²) in [7, 11) is 2.82. The lowest BCUT2D eigenvalue weighted by Gasteiger charge is -2.36. The first-order chi connectivity index (χ1) is 18.9. The van der Waals surface area contributed by atoms with E-state index in [-0.39, 0.29) is 35.6 Å². The first kappa shape index (κ1) is 32.1. The van der Waals surface area contributed by atoms with E-state index in [1.54, 1.807) is 13.8 Å². The van der Waals surface area contributed by atoms with Crippen molar-refractivity contribution in [3.63, 3.8) is 0 Å². The molecule has 220 valence electrons. The predicted octanol–water partition coefficient (Wildman–Crippen LogP) is 4.63. The van der Waals surface area contributed by atoms with Crippen LogP contribution in [0, 0.1) is 23.7 Å². The zero-order chi connectivity index (χ0) is 29.5. The molecule has 40 heavy (non-hydrogen) atoms. The summed E-state index contributed by atoms with van der Waals surface area (Å²) in [6.07, 6.45) is 11.8. The normalized spacial score (nSPS) is 25.8. The van der Waals surface area contributed by atoms with E-state index in [1.807, 2.05) is 0 Å². The molecule has 0 aliphatic heterocycles. The summed E-state index contributed by atoms with van der Waals surface area (Å²) in [5, 5.41) is 22.3. The summed E-state index contributed by atoms with van der Waals surface area (Å²) < 4.78 is 9.54. The summed E-state index contributed by atoms with van der Waals surface area (Å²) >= 11 is 11.5. The Labute approximate surface area is 244 Å². The molecule has 0 spiro atoms. The molecule has 2 aliphatic carbocycles. The minimum absolute atomic E-state index is 0.0320. The van der Waals surface area contributed by atoms with Crippen molar-refractivity contribution in [3.8, 4) is 0 Å². The number of ether oxygens (including phenoxy) is 2. The fourth-order valence-corrected chi connectivity index (χ4v) is 5.82. The monoisotopic (exact) mass is 596 g/mol. The van der Waals surface area contributed by atoms with Gasteiger partial charge in [-0.2, -0.15) is 0 Å². The van der Waals surface area contributed by atoms with Crippen molar-refractivity contribution in [2.75, 3.05) is 14.2 Å². The Morgan fingerprint density at radius 2 is 0.950 bits per heavy atom. The molecular weight excluding hydrogens is 559 g/mol. The maximum atomic E-state index is 11.5. The molecule has 2 N–H and O–H groups in total. The molecule has 2 heterocycles. The highest BCUT2D eigenvalue weighted by molar-refractivity contribution is 6.30. The third-order valence-electron chi connectivity index (χ3n) is 8.26. The number of rotatable bonds is 6. The van der Waals surface area contributed by atoms with Crippen molar-refractivity contribution in [2.24, 2.45) is 23.7 Å². The number of carbonyl (C=O) groups is 2. The molecule has 2 fully saturated rings. The topological polar surface area (TPSA) is 145 Å². The van der Waals surface area contributed by atoms with E-state index in [1.165, 1.54) is 39.0 Å². The van der Waals surface area contributed by atoms with Crippen molar-refractivity contribution in [1.82, 2.24) is 19.9 Å². The van der Waals surface area contributed by atoms with E-state index in [0.717, 1.165) is 51.4 Å². The largest absolute Gasteiger partial charge is 0.469 e. The molecule has 0 aromatic carbocycles. The van der Waals surface area contributed by atoms with E-state index in [2.05, 4.69) is 19.9 Å². The van der Waals surface area contributed by atoms with Gasteiger partial charge >= 0.3 is 11.9 Å². The summed E-state index contributed by atoms with van der Waals surface area (Å²) in [6, 6.07) is 0. The molecule has 0 unspecified atom stereocenters. The van der Waals surface area contributed by atoms with Crippen LogP contribution in [0.4, 0.5) is 0 Å². The number of nitrogens with zero attached hydrogens (tertiary/aromatic N) is 4. The van der Waals surface area contributed by atoms with Gasteiger partial charge in [-0.15, -0.1) is 0 Å². The van der Waals surface area contributed by atoms with Crippen molar-refractivity contribution in [3.05, 3.63) is 46.5 Å². The summed E-state index contributed by atoms with van der Waals surface area (Å²) in [5.74, 6) is 0.383. The standard InChI is InChI=1S/2C14H19ClN2O3/c2*1-14(19,13-16-7-11(15)8-17-13)10-5-3-9(4-6-10)12(18)20-2/h2*7-10,19H,3-6H2,1-2H3/t2*9?,10?,14-/m10/s1. The highest BCUT2D eigenvalue weighted by Crippen LogP contribution is 2.41. The molecule has 4 rings (SSSR count). The lowest BCUT2D eigenvalue weighted by molar-refractivity contribution is -0.148. The van der Waals surface area contributed by atoms with Crippen molar-refractivity contribution in [1.29, 1.82) is 0 Å². The molecule has 2 atom stereocenters. The lowest BCUT2D eigenvalue weighted by atomic mass is 9.74. The van der Waals surface area contributed by atoms with Crippen LogP contribution in [0.5, 0.6) is 0 Å². The van der Waals surface area contributed by atoms with Gasteiger partial charge in [-0.3, -0.25) is 9.59 Å². The van der Waals surface area contributed by atoms with E-state index in [9.17, 15) is 19.8 Å². The molecule has 12 heteroatoms. The fourth-order valence-electron chi connectivity index (χ4n) is 5.63. The van der Waals surface area contributed by atoms with Gasteiger partial charge < -0.3 is 19.7 Å². The molecule has 2 aromatic heterocycles. The molecule has 2 aromatic rings. The molecule has 0 saturated heterocycles. The van der Waals surface area contributed by atoms with Gasteiger partial charge in [-0.25, -0.2) is 19.9 Å². The first-order valence-electron chi connectivity index (χ1n) is 13.5. The molecular formula is C28H38Cl2N4O6. The summed E-state index contributed by atoms with van der Waals surface area (Å²) in [6.45, 7) is 3.44. The number of hydrogen-bond acceptors (Lipinski definition) is 10. The second-order valence-electron chi connectivity index (χ2n) is 10.9. The minimum Gasteiger partial charge on any atom is -0.469 e. The summed E-state index contributed by atoms with van der Waals surface area (Å²) in [5.41, 5.74) is -2.21. The number of hydrogen-bond donors (Lipinski definition) is 2. The maximum Gasteiger partial charge on any atom is 0.308 e. The van der Waals surface area contributed by atoms with E-state index < -0.39 is 11.2 Å². The van der Waals surface area contributed by atoms with Crippen LogP contribution >= 0.6 is 23.2 Å². The van der Waals surface area contributed by atoms with Crippen LogP contribution in [-0.4, -0.2) is 56.3 Å². The van der Waals surface area contributed by atoms with Crippen LogP contribution in [0.25, 0.3) is 0 Å². The van der Waals surface area contributed by atoms with Crippen molar-refractivity contribution < 1.29 is 29.3 Å². The van der Waals surface area contributed by atoms with Crippen LogP contribution in [0.2, 0.25) is 10.0 Å². The number of aromatic nitrogens is 4. The maximum absolute atomic E-state index is 11.5. The Hall–Kier alpha value is -2.40. The van der Waals surface area contributed by atoms with Crippen LogP contribution < -0.4 is 0 Å². The second kappa shape index (κ2) is 14.0. The quantitative estimate of drug-likeness (QED) is 0.452. The van der Waals surface area contributed by atoms with Gasteiger partial charge in [-0.1, -0.05) is 23.2 Å². The van der Waals surface area contributed by atoms with Crippen LogP contribution in [0.15, 0.2) is 24.8 Å². The fraction of sp³-hybridized carbons (Fsp3) is 0.643. The van der Waals surface area contributed by atoms with Crippen LogP contribution in [0.3, 0.4) is 0 Å². The van der Waals surface area contributed by atoms with Gasteiger partial charge in [0.2, 0.25) is 0 Å². The third-order valence-corrected chi connectivity index (χ3v) is 8.65. The van der Waals surface area contributed by atoms with E-state index in [4.69, 9.17) is 32.7 Å². The minimum atomic E-state index is -1.11. The Balaban J connectivity index is 0.000000220. The highest BCUT2D eigenvalue weighted by Gasteiger charge is 2.41. The number of aliphatic hydroxyl groups is 2. The van der Waals surface area contributed by atoms with Crippen molar-refractivity contribution in [2.45, 2.75) is 76.4 Å². The highest BCUT2D eigenvalue weighted by atomic mass is 35.5. The molecule has 0 bridgehead atoms. The molecule has 2 saturated carbocycles. The molecule has 0 amide bonds. The zero-order valence-electron chi connectivity index (χ0n) is 23.3. The smallest absolute Gasteiger partial charge is 0.308 e. The SMILES string of the molecule is COC(=O)C1CCC([C@@](C)(O)c2ncc(Cl)cn2)CC1.COC(=O)C1CCC([C@](C)(O)c2ncc(Cl)cn2)CC1. The summed E-state index contributed by atoms with van der Waals surface area (Å²) in [4.78, 5) is 39.5. The Morgan fingerprint density at radius 1 is 0.675 bits per heavy atom. The Bertz CT molecular complexity index is 1030. The number of esters is 2. The lowest BCUT2D eigenvalue weighted by Crippen LogP contribution is -2.37. The van der Waals surface area contributed by atoms with E-state index >= 15 is 0 Å². The average Bonchev–Trinajstić information content (AvgIpc) is 2.97. The molecule has 2 aliphatic rings. The van der Waals surface area contributed by atoms with E-state index in [0.29, 0.717) is 21.7 Å². The second-order valence-corrected chi connectivity index (χ2v) is 11.8.